The maximum atomic E-state index is 11.6. The van der Waals surface area contributed by atoms with Crippen molar-refractivity contribution >= 4 is 15.9 Å². The Balaban J connectivity index is 2.71. The molecule has 0 N–H and O–H groups in total. The zero-order chi connectivity index (χ0) is 14.2. The highest BCUT2D eigenvalue weighted by atomic mass is 32.2. The van der Waals surface area contributed by atoms with Crippen LogP contribution in [-0.2, 0) is 9.84 Å². The Morgan fingerprint density at radius 2 is 1.95 bits per heavy atom. The lowest BCUT2D eigenvalue weighted by Gasteiger charge is -2.06. The smallest absolute Gasteiger partial charge is 0.192 e. The number of hydrogen-bond acceptors (Lipinski definition) is 5. The van der Waals surface area contributed by atoms with E-state index in [1.165, 1.54) is 10.7 Å². The molecule has 2 aromatic rings. The Morgan fingerprint density at radius 3 is 2.42 bits per heavy atom. The second-order valence-electron chi connectivity index (χ2n) is 4.19. The van der Waals surface area contributed by atoms with Crippen LogP contribution in [0.2, 0.25) is 0 Å². The van der Waals surface area contributed by atoms with E-state index in [-0.39, 0.29) is 5.03 Å². The molecule has 2 aromatic heterocycles. The minimum Gasteiger partial charge on any atom is -0.222 e. The predicted molar refractivity (Wildman–Crippen MR) is 71.8 cm³/mol. The molecular weight excluding hydrogens is 264 g/mol. The number of pyridine rings is 1. The molecule has 6 nitrogen and oxygen atoms in total. The van der Waals surface area contributed by atoms with Crippen molar-refractivity contribution < 1.29 is 8.42 Å². The number of aromatic nitrogens is 4. The van der Waals surface area contributed by atoms with Crippen molar-refractivity contribution in [1.29, 1.82) is 0 Å². The van der Waals surface area contributed by atoms with Crippen LogP contribution < -0.4 is 0 Å². The van der Waals surface area contributed by atoms with Gasteiger partial charge in [-0.05, 0) is 31.5 Å². The third kappa shape index (κ3) is 2.70. The highest BCUT2D eigenvalue weighted by Crippen LogP contribution is 2.16. The van der Waals surface area contributed by atoms with Crippen molar-refractivity contribution in [1.82, 2.24) is 19.7 Å². The summed E-state index contributed by atoms with van der Waals surface area (Å²) < 4.78 is 24.8. The molecule has 0 aliphatic carbocycles. The van der Waals surface area contributed by atoms with Gasteiger partial charge in [0.2, 0.25) is 0 Å². The molecule has 0 aliphatic rings. The van der Waals surface area contributed by atoms with Crippen LogP contribution in [0.25, 0.3) is 11.9 Å². The summed E-state index contributed by atoms with van der Waals surface area (Å²) in [6.07, 6.45) is 2.68. The Kier molecular flexibility index (Phi) is 3.23. The quantitative estimate of drug-likeness (QED) is 0.846. The first kappa shape index (κ1) is 13.4. The summed E-state index contributed by atoms with van der Waals surface area (Å²) in [6.45, 7) is 7.19. The lowest BCUT2D eigenvalue weighted by atomic mass is 10.2. The third-order valence-electron chi connectivity index (χ3n) is 2.52. The van der Waals surface area contributed by atoms with Crippen LogP contribution in [0.1, 0.15) is 17.2 Å². The fourth-order valence-corrected chi connectivity index (χ4v) is 2.27. The number of sulfone groups is 1. The number of aryl methyl sites for hydroxylation is 2. The first-order chi connectivity index (χ1) is 8.81. The Bertz CT molecular complexity index is 747. The van der Waals surface area contributed by atoms with Crippen molar-refractivity contribution in [3.8, 4) is 5.82 Å². The second kappa shape index (κ2) is 4.58. The lowest BCUT2D eigenvalue weighted by molar-refractivity contribution is 0.597. The van der Waals surface area contributed by atoms with Crippen molar-refractivity contribution in [2.75, 3.05) is 6.26 Å². The molecule has 0 aliphatic heterocycles. The molecule has 0 amide bonds. The van der Waals surface area contributed by atoms with Crippen molar-refractivity contribution in [2.45, 2.75) is 18.9 Å². The first-order valence-electron chi connectivity index (χ1n) is 5.56. The van der Waals surface area contributed by atoms with E-state index in [1.54, 1.807) is 26.0 Å². The normalized spacial score (nSPS) is 11.5. The van der Waals surface area contributed by atoms with Crippen LogP contribution in [0.3, 0.4) is 0 Å². The van der Waals surface area contributed by atoms with Gasteiger partial charge in [-0.3, -0.25) is 0 Å². The molecule has 0 spiro atoms. The summed E-state index contributed by atoms with van der Waals surface area (Å²) in [5.74, 6) is 1.66. The first-order valence-corrected chi connectivity index (χ1v) is 7.45. The van der Waals surface area contributed by atoms with E-state index in [1.807, 2.05) is 0 Å². The van der Waals surface area contributed by atoms with E-state index < -0.39 is 9.84 Å². The summed E-state index contributed by atoms with van der Waals surface area (Å²) in [5.41, 5.74) is 0.665. The Hall–Kier alpha value is -2.02. The summed E-state index contributed by atoms with van der Waals surface area (Å²) in [6, 6.07) is 3.19. The van der Waals surface area contributed by atoms with Gasteiger partial charge >= 0.3 is 0 Å². The number of nitrogens with zero attached hydrogens (tertiary/aromatic N) is 4. The van der Waals surface area contributed by atoms with Gasteiger partial charge in [-0.15, -0.1) is 5.10 Å². The molecule has 19 heavy (non-hydrogen) atoms. The number of hydrogen-bond donors (Lipinski definition) is 0. The average molecular weight is 278 g/mol. The molecule has 0 radical (unpaired) electrons. The highest BCUT2D eigenvalue weighted by Gasteiger charge is 2.14. The molecular formula is C12H14N4O2S. The molecule has 100 valence electrons. The van der Waals surface area contributed by atoms with Crippen LogP contribution in [0.15, 0.2) is 23.7 Å². The van der Waals surface area contributed by atoms with E-state index in [0.717, 1.165) is 6.26 Å². The third-order valence-corrected chi connectivity index (χ3v) is 3.49. The van der Waals surface area contributed by atoms with E-state index >= 15 is 0 Å². The molecule has 0 bridgehead atoms. The zero-order valence-corrected chi connectivity index (χ0v) is 11.8. The van der Waals surface area contributed by atoms with Crippen LogP contribution >= 0.6 is 0 Å². The van der Waals surface area contributed by atoms with Crippen LogP contribution in [0.4, 0.5) is 0 Å². The number of rotatable bonds is 3. The summed E-state index contributed by atoms with van der Waals surface area (Å²) >= 11 is 0. The van der Waals surface area contributed by atoms with Gasteiger partial charge < -0.3 is 0 Å². The van der Waals surface area contributed by atoms with Gasteiger partial charge in [-0.25, -0.2) is 18.4 Å². The Labute approximate surface area is 111 Å². The minimum atomic E-state index is -3.39. The SMILES string of the molecule is C=Cc1cc(-n2nc(C)nc2C)nc(S(C)(=O)=O)c1. The van der Waals surface area contributed by atoms with Crippen LogP contribution in [-0.4, -0.2) is 34.4 Å². The van der Waals surface area contributed by atoms with Gasteiger partial charge in [0.15, 0.2) is 20.7 Å². The molecule has 2 rings (SSSR count). The van der Waals surface area contributed by atoms with Gasteiger partial charge in [0.25, 0.3) is 0 Å². The lowest BCUT2D eigenvalue weighted by Crippen LogP contribution is -2.08. The molecule has 0 fully saturated rings. The largest absolute Gasteiger partial charge is 0.222 e. The van der Waals surface area contributed by atoms with Crippen LogP contribution in [0, 0.1) is 13.8 Å². The maximum Gasteiger partial charge on any atom is 0.192 e. The average Bonchev–Trinajstić information content (AvgIpc) is 2.66. The summed E-state index contributed by atoms with van der Waals surface area (Å²) in [4.78, 5) is 8.29. The van der Waals surface area contributed by atoms with E-state index in [2.05, 4.69) is 21.6 Å². The molecule has 0 unspecified atom stereocenters. The molecule has 0 atom stereocenters. The van der Waals surface area contributed by atoms with Gasteiger partial charge in [-0.1, -0.05) is 12.7 Å². The Morgan fingerprint density at radius 1 is 1.26 bits per heavy atom. The topological polar surface area (TPSA) is 77.7 Å². The van der Waals surface area contributed by atoms with E-state index in [0.29, 0.717) is 23.0 Å². The standard InChI is InChI=1S/C12H14N4O2S/c1-5-10-6-11(14-12(7-10)19(4,17)18)16-9(3)13-8(2)15-16/h5-7H,1H2,2-4H3. The van der Waals surface area contributed by atoms with Crippen LogP contribution in [0.5, 0.6) is 0 Å². The second-order valence-corrected chi connectivity index (χ2v) is 6.15. The minimum absolute atomic E-state index is 0.00699. The van der Waals surface area contributed by atoms with Crippen molar-refractivity contribution in [3.63, 3.8) is 0 Å². The summed E-state index contributed by atoms with van der Waals surface area (Å²) in [5, 5.41) is 4.19. The zero-order valence-electron chi connectivity index (χ0n) is 11.0. The maximum absolute atomic E-state index is 11.6. The molecule has 0 aromatic carbocycles. The monoisotopic (exact) mass is 278 g/mol. The molecule has 0 saturated carbocycles. The van der Waals surface area contributed by atoms with E-state index in [9.17, 15) is 8.42 Å². The van der Waals surface area contributed by atoms with Gasteiger partial charge in [0, 0.05) is 6.26 Å². The van der Waals surface area contributed by atoms with Crippen molar-refractivity contribution in [2.24, 2.45) is 0 Å². The molecule has 0 saturated heterocycles. The van der Waals surface area contributed by atoms with E-state index in [4.69, 9.17) is 0 Å². The van der Waals surface area contributed by atoms with Gasteiger partial charge in [0.05, 0.1) is 0 Å². The molecule has 2 heterocycles. The molecule has 7 heteroatoms. The fourth-order valence-electron chi connectivity index (χ4n) is 1.67. The highest BCUT2D eigenvalue weighted by molar-refractivity contribution is 7.90. The van der Waals surface area contributed by atoms with Gasteiger partial charge in [0.1, 0.15) is 11.6 Å². The predicted octanol–water partition coefficient (Wildman–Crippen LogP) is 1.33. The van der Waals surface area contributed by atoms with Crippen molar-refractivity contribution in [3.05, 3.63) is 35.9 Å². The van der Waals surface area contributed by atoms with Gasteiger partial charge in [-0.2, -0.15) is 4.68 Å². The summed E-state index contributed by atoms with van der Waals surface area (Å²) in [7, 11) is -3.39. The fraction of sp³-hybridized carbons (Fsp3) is 0.250.